The molecule has 1 atom stereocenters. The molecule has 7 nitrogen and oxygen atoms in total. The number of anilines is 1. The smallest absolute Gasteiger partial charge is 0.382 e. The summed E-state index contributed by atoms with van der Waals surface area (Å²) >= 11 is 6.00. The Labute approximate surface area is 170 Å². The van der Waals surface area contributed by atoms with Crippen molar-refractivity contribution in [1.82, 2.24) is 19.1 Å². The molecule has 0 aliphatic heterocycles. The van der Waals surface area contributed by atoms with Crippen molar-refractivity contribution in [2.75, 3.05) is 11.5 Å². The average molecular weight is 448 g/mol. The lowest BCUT2D eigenvalue weighted by Crippen LogP contribution is -2.28. The van der Waals surface area contributed by atoms with Crippen LogP contribution in [0.5, 0.6) is 0 Å². The number of hydrogen-bond acceptors (Lipinski definition) is 5. The second kappa shape index (κ2) is 7.45. The van der Waals surface area contributed by atoms with Gasteiger partial charge in [-0.1, -0.05) is 18.5 Å². The summed E-state index contributed by atoms with van der Waals surface area (Å²) in [5.74, 6) is 0.270. The molecule has 0 bridgehead atoms. The number of nitrogens with two attached hydrogens (primary N) is 1. The standard InChI is InChI=1S/C17H17ClF3N5O2S/c1-4-26-11(17(19,20)21)7-9-13(16(26)27)25(3)15(23-9)12-10(29(28)5-2)6-8(18)14(22)24-12/h6-7H,4-5H2,1-3H3,(H2,22,24). The van der Waals surface area contributed by atoms with E-state index in [1.165, 1.54) is 24.6 Å². The minimum atomic E-state index is -4.72. The predicted molar refractivity (Wildman–Crippen MR) is 105 cm³/mol. The first-order valence-corrected chi connectivity index (χ1v) is 10.2. The maximum Gasteiger partial charge on any atom is 0.431 e. The Morgan fingerprint density at radius 1 is 1.24 bits per heavy atom. The van der Waals surface area contributed by atoms with Crippen LogP contribution in [0.25, 0.3) is 22.6 Å². The van der Waals surface area contributed by atoms with E-state index < -0.39 is 28.2 Å². The molecule has 0 aliphatic carbocycles. The van der Waals surface area contributed by atoms with Crippen molar-refractivity contribution in [3.63, 3.8) is 0 Å². The lowest BCUT2D eigenvalue weighted by molar-refractivity contribution is -0.144. The maximum atomic E-state index is 13.4. The Kier molecular flexibility index (Phi) is 5.48. The van der Waals surface area contributed by atoms with E-state index in [4.69, 9.17) is 17.3 Å². The summed E-state index contributed by atoms with van der Waals surface area (Å²) in [6.45, 7) is 2.97. The van der Waals surface area contributed by atoms with Gasteiger partial charge in [0.2, 0.25) is 0 Å². The van der Waals surface area contributed by atoms with Gasteiger partial charge in [-0.05, 0) is 19.1 Å². The highest BCUT2D eigenvalue weighted by Crippen LogP contribution is 2.33. The summed E-state index contributed by atoms with van der Waals surface area (Å²) < 4.78 is 54.7. The molecule has 3 heterocycles. The maximum absolute atomic E-state index is 13.4. The third-order valence-corrected chi connectivity index (χ3v) is 6.06. The fourth-order valence-corrected chi connectivity index (χ4v) is 4.18. The molecule has 0 saturated carbocycles. The highest BCUT2D eigenvalue weighted by Gasteiger charge is 2.36. The highest BCUT2D eigenvalue weighted by molar-refractivity contribution is 7.85. The molecular formula is C17H17ClF3N5O2S. The van der Waals surface area contributed by atoms with E-state index in [2.05, 4.69) is 9.97 Å². The molecule has 1 unspecified atom stereocenters. The summed E-state index contributed by atoms with van der Waals surface area (Å²) in [6.07, 6.45) is -4.72. The molecule has 2 N–H and O–H groups in total. The largest absolute Gasteiger partial charge is 0.431 e. The molecule has 29 heavy (non-hydrogen) atoms. The molecule has 0 amide bonds. The normalized spacial score (nSPS) is 13.2. The molecule has 0 aliphatic rings. The van der Waals surface area contributed by atoms with E-state index >= 15 is 0 Å². The number of nitrogens with zero attached hydrogens (tertiary/aromatic N) is 4. The zero-order valence-electron chi connectivity index (χ0n) is 15.7. The Balaban J connectivity index is 2.41. The molecule has 0 spiro atoms. The fourth-order valence-electron chi connectivity index (χ4n) is 3.05. The number of nitrogen functional groups attached to an aromatic ring is 1. The van der Waals surface area contributed by atoms with Crippen molar-refractivity contribution in [3.8, 4) is 11.5 Å². The number of aromatic nitrogens is 4. The Hall–Kier alpha value is -2.40. The van der Waals surface area contributed by atoms with Crippen molar-refractivity contribution in [3.05, 3.63) is 33.2 Å². The number of imidazole rings is 1. The number of hydrogen-bond donors (Lipinski definition) is 1. The minimum absolute atomic E-state index is 0.0293. The highest BCUT2D eigenvalue weighted by atomic mass is 35.5. The van der Waals surface area contributed by atoms with Gasteiger partial charge in [0, 0.05) is 19.3 Å². The van der Waals surface area contributed by atoms with Crippen molar-refractivity contribution in [2.45, 2.75) is 31.5 Å². The second-order valence-corrected chi connectivity index (χ2v) is 8.26. The first kappa shape index (κ1) is 21.3. The van der Waals surface area contributed by atoms with Crippen LogP contribution in [0, 0.1) is 0 Å². The predicted octanol–water partition coefficient (Wildman–Crippen LogP) is 3.20. The lowest BCUT2D eigenvalue weighted by atomic mass is 10.3. The lowest BCUT2D eigenvalue weighted by Gasteiger charge is -2.14. The van der Waals surface area contributed by atoms with E-state index in [0.717, 1.165) is 6.07 Å². The summed E-state index contributed by atoms with van der Waals surface area (Å²) in [6, 6.07) is 2.21. The molecular weight excluding hydrogens is 431 g/mol. The third-order valence-electron chi connectivity index (χ3n) is 4.43. The van der Waals surface area contributed by atoms with Crippen LogP contribution in [0.15, 0.2) is 21.8 Å². The van der Waals surface area contributed by atoms with E-state index in [-0.39, 0.29) is 50.6 Å². The Morgan fingerprint density at radius 3 is 2.45 bits per heavy atom. The van der Waals surface area contributed by atoms with Crippen molar-refractivity contribution in [1.29, 1.82) is 0 Å². The van der Waals surface area contributed by atoms with Crippen LogP contribution >= 0.6 is 11.6 Å². The van der Waals surface area contributed by atoms with Gasteiger partial charge in [-0.15, -0.1) is 0 Å². The molecule has 156 valence electrons. The number of aryl methyl sites for hydroxylation is 1. The zero-order valence-corrected chi connectivity index (χ0v) is 17.2. The Morgan fingerprint density at radius 2 is 1.90 bits per heavy atom. The van der Waals surface area contributed by atoms with Crippen LogP contribution in [0.4, 0.5) is 19.0 Å². The van der Waals surface area contributed by atoms with Gasteiger partial charge < -0.3 is 14.9 Å². The van der Waals surface area contributed by atoms with Gasteiger partial charge in [0.15, 0.2) is 5.82 Å². The molecule has 0 saturated heterocycles. The summed E-state index contributed by atoms with van der Waals surface area (Å²) in [4.78, 5) is 21.3. The molecule has 12 heteroatoms. The van der Waals surface area contributed by atoms with E-state index in [1.807, 2.05) is 0 Å². The van der Waals surface area contributed by atoms with Crippen LogP contribution < -0.4 is 11.3 Å². The van der Waals surface area contributed by atoms with E-state index in [1.54, 1.807) is 6.92 Å². The molecule has 3 rings (SSSR count). The Bertz CT molecular complexity index is 1200. The zero-order chi connectivity index (χ0) is 21.7. The molecule has 3 aromatic heterocycles. The number of pyridine rings is 2. The number of alkyl halides is 3. The first-order valence-electron chi connectivity index (χ1n) is 8.53. The van der Waals surface area contributed by atoms with Crippen LogP contribution in [-0.4, -0.2) is 29.1 Å². The van der Waals surface area contributed by atoms with Gasteiger partial charge in [-0.2, -0.15) is 13.2 Å². The van der Waals surface area contributed by atoms with Gasteiger partial charge >= 0.3 is 6.18 Å². The van der Waals surface area contributed by atoms with Gasteiger partial charge in [-0.3, -0.25) is 9.00 Å². The number of halogens is 4. The van der Waals surface area contributed by atoms with Gasteiger partial charge in [-0.25, -0.2) is 9.97 Å². The van der Waals surface area contributed by atoms with Crippen LogP contribution in [-0.2, 0) is 30.6 Å². The molecule has 0 radical (unpaired) electrons. The fraction of sp³-hybridized carbons (Fsp3) is 0.353. The van der Waals surface area contributed by atoms with Crippen molar-refractivity contribution >= 4 is 39.3 Å². The van der Waals surface area contributed by atoms with Crippen LogP contribution in [0.1, 0.15) is 19.5 Å². The van der Waals surface area contributed by atoms with Gasteiger partial charge in [0.1, 0.15) is 22.7 Å². The van der Waals surface area contributed by atoms with E-state index in [9.17, 15) is 22.2 Å². The molecule has 0 aromatic carbocycles. The van der Waals surface area contributed by atoms with Crippen molar-refractivity contribution < 1.29 is 17.4 Å². The molecule has 3 aromatic rings. The van der Waals surface area contributed by atoms with E-state index in [0.29, 0.717) is 4.57 Å². The first-order chi connectivity index (χ1) is 13.5. The van der Waals surface area contributed by atoms with Crippen molar-refractivity contribution in [2.24, 2.45) is 7.05 Å². The van der Waals surface area contributed by atoms with Crippen LogP contribution in [0.2, 0.25) is 5.02 Å². The quantitative estimate of drug-likeness (QED) is 0.662. The molecule has 0 fully saturated rings. The van der Waals surface area contributed by atoms with Gasteiger partial charge in [0.25, 0.3) is 5.56 Å². The van der Waals surface area contributed by atoms with Gasteiger partial charge in [0.05, 0.1) is 26.2 Å². The summed E-state index contributed by atoms with van der Waals surface area (Å²) in [5, 5.41) is 0.0945. The second-order valence-electron chi connectivity index (χ2n) is 6.14. The summed E-state index contributed by atoms with van der Waals surface area (Å²) in [7, 11) is -0.0232. The SMILES string of the molecule is CCn1c(C(F)(F)F)cc2nc(-c3nc(N)c(Cl)cc3S(=O)CC)n(C)c2c1=O. The number of rotatable bonds is 4. The summed E-state index contributed by atoms with van der Waals surface area (Å²) in [5.41, 5.74) is 3.77. The monoisotopic (exact) mass is 447 g/mol. The third kappa shape index (κ3) is 3.52. The topological polar surface area (TPSA) is 95.8 Å². The number of fused-ring (bicyclic) bond motifs is 1. The minimum Gasteiger partial charge on any atom is -0.382 e. The van der Waals surface area contributed by atoms with Crippen LogP contribution in [0.3, 0.4) is 0 Å². The average Bonchev–Trinajstić information content (AvgIpc) is 2.98.